The maximum atomic E-state index is 12.6. The molecule has 8 heteroatoms. The first-order chi connectivity index (χ1) is 12.4. The summed E-state index contributed by atoms with van der Waals surface area (Å²) in [5.41, 5.74) is 2.34. The zero-order chi connectivity index (χ0) is 18.7. The molecular weight excluding hydrogens is 392 g/mol. The van der Waals surface area contributed by atoms with Gasteiger partial charge in [0.25, 0.3) is 10.0 Å². The van der Waals surface area contributed by atoms with Gasteiger partial charge in [-0.1, -0.05) is 41.4 Å². The number of hydrogen-bond donors (Lipinski definition) is 0. The molecule has 26 heavy (non-hydrogen) atoms. The van der Waals surface area contributed by atoms with Crippen molar-refractivity contribution in [1.29, 1.82) is 0 Å². The van der Waals surface area contributed by atoms with Crippen molar-refractivity contribution in [3.63, 3.8) is 0 Å². The van der Waals surface area contributed by atoms with Crippen LogP contribution in [0.25, 0.3) is 0 Å². The predicted molar refractivity (Wildman–Crippen MR) is 104 cm³/mol. The maximum Gasteiger partial charge on any atom is 0.252 e. The summed E-state index contributed by atoms with van der Waals surface area (Å²) in [5.74, 6) is 0.0711. The second-order valence-corrected chi connectivity index (χ2v) is 10.2. The molecule has 1 aromatic heterocycles. The van der Waals surface area contributed by atoms with E-state index in [1.165, 1.54) is 15.9 Å². The quantitative estimate of drug-likeness (QED) is 0.757. The van der Waals surface area contributed by atoms with Gasteiger partial charge in [0.15, 0.2) is 0 Å². The van der Waals surface area contributed by atoms with Crippen LogP contribution in [0.2, 0.25) is 4.34 Å². The van der Waals surface area contributed by atoms with Gasteiger partial charge < -0.3 is 4.90 Å². The largest absolute Gasteiger partial charge is 0.340 e. The van der Waals surface area contributed by atoms with Crippen molar-refractivity contribution in [2.24, 2.45) is 0 Å². The topological polar surface area (TPSA) is 57.7 Å². The number of carbonyl (C=O) groups is 1. The second-order valence-electron chi connectivity index (χ2n) is 6.33. The molecule has 0 saturated carbocycles. The van der Waals surface area contributed by atoms with Crippen LogP contribution < -0.4 is 0 Å². The van der Waals surface area contributed by atoms with Crippen LogP contribution in [-0.4, -0.2) is 49.7 Å². The summed E-state index contributed by atoms with van der Waals surface area (Å²) in [6.07, 6.45) is 1.14. The Morgan fingerprint density at radius 3 is 2.31 bits per heavy atom. The third kappa shape index (κ3) is 4.46. The number of hydrogen-bond acceptors (Lipinski definition) is 4. The van der Waals surface area contributed by atoms with Crippen LogP contribution in [0.1, 0.15) is 17.5 Å². The van der Waals surface area contributed by atoms with Gasteiger partial charge in [-0.2, -0.15) is 4.31 Å². The normalized spacial score (nSPS) is 16.0. The van der Waals surface area contributed by atoms with E-state index in [1.807, 2.05) is 31.2 Å². The Bertz CT molecular complexity index is 870. The van der Waals surface area contributed by atoms with Gasteiger partial charge in [-0.15, -0.1) is 11.3 Å². The van der Waals surface area contributed by atoms with Crippen LogP contribution in [0.15, 0.2) is 40.6 Å². The second kappa shape index (κ2) is 8.08. The van der Waals surface area contributed by atoms with Crippen molar-refractivity contribution in [3.8, 4) is 0 Å². The van der Waals surface area contributed by atoms with Crippen LogP contribution in [0.4, 0.5) is 0 Å². The van der Waals surface area contributed by atoms with Gasteiger partial charge in [0.1, 0.15) is 4.21 Å². The fourth-order valence-corrected chi connectivity index (χ4v) is 5.96. The highest BCUT2D eigenvalue weighted by Gasteiger charge is 2.30. The van der Waals surface area contributed by atoms with E-state index in [-0.39, 0.29) is 10.1 Å². The number of thiophene rings is 1. The highest BCUT2D eigenvalue weighted by molar-refractivity contribution is 7.91. The Morgan fingerprint density at radius 1 is 1.08 bits per heavy atom. The minimum Gasteiger partial charge on any atom is -0.340 e. The highest BCUT2D eigenvalue weighted by Crippen LogP contribution is 2.28. The first kappa shape index (κ1) is 19.4. The van der Waals surface area contributed by atoms with Crippen LogP contribution >= 0.6 is 22.9 Å². The average Bonchev–Trinajstić information content (AvgIpc) is 3.08. The lowest BCUT2D eigenvalue weighted by Crippen LogP contribution is -2.50. The lowest BCUT2D eigenvalue weighted by molar-refractivity contribution is -0.132. The minimum absolute atomic E-state index is 0.0711. The number of sulfonamides is 1. The minimum atomic E-state index is -3.52. The lowest BCUT2D eigenvalue weighted by Gasteiger charge is -2.33. The van der Waals surface area contributed by atoms with Crippen molar-refractivity contribution in [1.82, 2.24) is 9.21 Å². The van der Waals surface area contributed by atoms with Crippen molar-refractivity contribution in [2.45, 2.75) is 24.0 Å². The Morgan fingerprint density at radius 2 is 1.73 bits per heavy atom. The maximum absolute atomic E-state index is 12.6. The SMILES string of the molecule is Cc1ccc(CCC(=O)N2CCN(S(=O)(=O)c3ccc(Cl)s3)CC2)cc1. The van der Waals surface area contributed by atoms with Gasteiger partial charge in [0.05, 0.1) is 4.34 Å². The fourth-order valence-electron chi connectivity index (χ4n) is 2.91. The number of halogens is 1. The van der Waals surface area contributed by atoms with Crippen LogP contribution in [-0.2, 0) is 21.2 Å². The molecule has 0 bridgehead atoms. The monoisotopic (exact) mass is 412 g/mol. The van der Waals surface area contributed by atoms with Gasteiger partial charge in [-0.3, -0.25) is 4.79 Å². The Kier molecular flexibility index (Phi) is 6.02. The molecule has 1 aliphatic heterocycles. The number of amides is 1. The van der Waals surface area contributed by atoms with Crippen molar-refractivity contribution in [2.75, 3.05) is 26.2 Å². The number of nitrogens with zero attached hydrogens (tertiary/aromatic N) is 2. The molecule has 0 atom stereocenters. The number of carbonyl (C=O) groups excluding carboxylic acids is 1. The van der Waals surface area contributed by atoms with Gasteiger partial charge in [0.2, 0.25) is 5.91 Å². The molecule has 0 spiro atoms. The number of piperazine rings is 1. The summed E-state index contributed by atoms with van der Waals surface area (Å²) in [4.78, 5) is 14.2. The molecule has 0 unspecified atom stereocenters. The number of benzene rings is 1. The summed E-state index contributed by atoms with van der Waals surface area (Å²) >= 11 is 6.90. The molecule has 2 aromatic rings. The van der Waals surface area contributed by atoms with Crippen LogP contribution in [0.5, 0.6) is 0 Å². The lowest BCUT2D eigenvalue weighted by atomic mass is 10.1. The molecule has 0 radical (unpaired) electrons. The third-order valence-corrected chi connectivity index (χ3v) is 8.08. The molecule has 1 aromatic carbocycles. The Hall–Kier alpha value is -1.41. The average molecular weight is 413 g/mol. The van der Waals surface area contributed by atoms with E-state index in [9.17, 15) is 13.2 Å². The van der Waals surface area contributed by atoms with E-state index in [0.29, 0.717) is 43.4 Å². The zero-order valence-corrected chi connectivity index (χ0v) is 16.9. The summed E-state index contributed by atoms with van der Waals surface area (Å²) in [6, 6.07) is 11.3. The Labute approximate surface area is 163 Å². The molecule has 5 nitrogen and oxygen atoms in total. The van der Waals surface area contributed by atoms with E-state index >= 15 is 0 Å². The molecule has 0 N–H and O–H groups in total. The van der Waals surface area contributed by atoms with Crippen LogP contribution in [0.3, 0.4) is 0 Å². The molecule has 1 amide bonds. The predicted octanol–water partition coefficient (Wildman–Crippen LogP) is 3.18. The molecule has 1 aliphatic rings. The van der Waals surface area contributed by atoms with E-state index in [0.717, 1.165) is 16.9 Å². The summed E-state index contributed by atoms with van der Waals surface area (Å²) in [5, 5.41) is 0. The van der Waals surface area contributed by atoms with Gasteiger partial charge in [-0.05, 0) is 31.0 Å². The molecule has 140 valence electrons. The Balaban J connectivity index is 1.53. The first-order valence-corrected chi connectivity index (χ1v) is 11.1. The molecule has 1 fully saturated rings. The fraction of sp³-hybridized carbons (Fsp3) is 0.389. The summed E-state index contributed by atoms with van der Waals surface area (Å²) in [6.45, 7) is 3.50. The standard InChI is InChI=1S/C18H21ClN2O3S2/c1-14-2-4-15(5-3-14)6-8-17(22)20-10-12-21(13-11-20)26(23,24)18-9-7-16(19)25-18/h2-5,7,9H,6,8,10-13H2,1H3. The van der Waals surface area contributed by atoms with Gasteiger partial charge >= 0.3 is 0 Å². The highest BCUT2D eigenvalue weighted by atomic mass is 35.5. The first-order valence-electron chi connectivity index (χ1n) is 8.45. The molecule has 1 saturated heterocycles. The molecule has 2 heterocycles. The third-order valence-electron chi connectivity index (χ3n) is 4.48. The van der Waals surface area contributed by atoms with Crippen molar-refractivity contribution < 1.29 is 13.2 Å². The van der Waals surface area contributed by atoms with E-state index in [2.05, 4.69) is 0 Å². The number of rotatable bonds is 5. The van der Waals surface area contributed by atoms with Crippen LogP contribution in [0, 0.1) is 6.92 Å². The summed E-state index contributed by atoms with van der Waals surface area (Å²) < 4.78 is 27.3. The van der Waals surface area contributed by atoms with Gasteiger partial charge in [-0.25, -0.2) is 8.42 Å². The summed E-state index contributed by atoms with van der Waals surface area (Å²) in [7, 11) is -3.52. The zero-order valence-electron chi connectivity index (χ0n) is 14.5. The van der Waals surface area contributed by atoms with E-state index in [1.54, 1.807) is 11.0 Å². The van der Waals surface area contributed by atoms with E-state index < -0.39 is 10.0 Å². The number of aryl methyl sites for hydroxylation is 2. The smallest absolute Gasteiger partial charge is 0.252 e. The molecular formula is C18H21ClN2O3S2. The molecule has 0 aliphatic carbocycles. The van der Waals surface area contributed by atoms with Crippen molar-refractivity contribution >= 4 is 38.9 Å². The molecule has 3 rings (SSSR count). The van der Waals surface area contributed by atoms with Gasteiger partial charge in [0, 0.05) is 32.6 Å². The van der Waals surface area contributed by atoms with E-state index in [4.69, 9.17) is 11.6 Å². The van der Waals surface area contributed by atoms with Crippen molar-refractivity contribution in [3.05, 3.63) is 51.9 Å².